The second kappa shape index (κ2) is 8.21. The fourth-order valence-corrected chi connectivity index (χ4v) is 5.29. The van der Waals surface area contributed by atoms with Crippen LogP contribution in [0.3, 0.4) is 0 Å². The van der Waals surface area contributed by atoms with Crippen LogP contribution in [0.5, 0.6) is 0 Å². The molecule has 1 atom stereocenters. The number of fused-ring (bicyclic) bond motifs is 3. The summed E-state index contributed by atoms with van der Waals surface area (Å²) in [6.45, 7) is 7.36. The van der Waals surface area contributed by atoms with E-state index in [1.165, 1.54) is 11.3 Å². The van der Waals surface area contributed by atoms with Crippen molar-refractivity contribution in [1.82, 2.24) is 14.8 Å². The second-order valence-electron chi connectivity index (χ2n) is 9.00. The van der Waals surface area contributed by atoms with Gasteiger partial charge in [0.15, 0.2) is 5.60 Å². The molecule has 4 heterocycles. The number of rotatable bonds is 7. The van der Waals surface area contributed by atoms with Gasteiger partial charge in [0.1, 0.15) is 11.4 Å². The lowest BCUT2D eigenvalue weighted by Gasteiger charge is -2.33. The first-order chi connectivity index (χ1) is 14.6. The van der Waals surface area contributed by atoms with E-state index in [0.29, 0.717) is 29.0 Å². The standard InChI is InChI=1S/C20H25F2N3O4SSi/c1-31(2,3)5-4-28-11-25-8-12(7-23-25)15-6-13-14-9-29-10-20(27,19(21)22)17(14)24-18(26)16(13)30-15/h6-8,19,27H,4-5,9-11H2,1-3H3,(H,24,26). The highest BCUT2D eigenvalue weighted by Gasteiger charge is 2.46. The van der Waals surface area contributed by atoms with Crippen molar-refractivity contribution in [3.63, 3.8) is 0 Å². The SMILES string of the molecule is C[Si](C)(C)CCOCn1cc(-c2cc3c4c([nH]c(=O)c3s2)C(O)(C(F)F)COC4)cn1. The van der Waals surface area contributed by atoms with Crippen LogP contribution in [0.2, 0.25) is 25.7 Å². The van der Waals surface area contributed by atoms with Crippen molar-refractivity contribution in [1.29, 1.82) is 0 Å². The molecule has 3 aromatic heterocycles. The van der Waals surface area contributed by atoms with Crippen molar-refractivity contribution >= 4 is 29.5 Å². The predicted octanol–water partition coefficient (Wildman–Crippen LogP) is 3.75. The van der Waals surface area contributed by atoms with Gasteiger partial charge in [-0.2, -0.15) is 5.10 Å². The van der Waals surface area contributed by atoms with E-state index >= 15 is 0 Å². The molecule has 0 spiro atoms. The quantitative estimate of drug-likeness (QED) is 0.406. The normalized spacial score (nSPS) is 19.3. The average Bonchev–Trinajstić information content (AvgIpc) is 3.33. The molecule has 1 aliphatic rings. The zero-order valence-corrected chi connectivity index (χ0v) is 19.4. The number of nitrogens with zero attached hydrogens (tertiary/aromatic N) is 2. The van der Waals surface area contributed by atoms with Crippen molar-refractivity contribution in [2.75, 3.05) is 13.2 Å². The maximum atomic E-state index is 13.5. The van der Waals surface area contributed by atoms with Crippen LogP contribution in [0.4, 0.5) is 8.78 Å². The molecule has 0 bridgehead atoms. The van der Waals surface area contributed by atoms with Gasteiger partial charge in [0.25, 0.3) is 12.0 Å². The minimum absolute atomic E-state index is 0.0397. The third-order valence-corrected chi connectivity index (χ3v) is 8.19. The molecule has 1 unspecified atom stereocenters. The topological polar surface area (TPSA) is 89.4 Å². The van der Waals surface area contributed by atoms with Crippen LogP contribution in [-0.4, -0.2) is 47.6 Å². The minimum atomic E-state index is -3.09. The zero-order chi connectivity index (χ0) is 22.4. The molecule has 0 amide bonds. The minimum Gasteiger partial charge on any atom is -0.376 e. The number of pyridine rings is 1. The fourth-order valence-electron chi connectivity index (χ4n) is 3.48. The Labute approximate surface area is 182 Å². The van der Waals surface area contributed by atoms with E-state index < -0.39 is 32.3 Å². The highest BCUT2D eigenvalue weighted by Crippen LogP contribution is 2.40. The third-order valence-electron chi connectivity index (χ3n) is 5.30. The lowest BCUT2D eigenvalue weighted by atomic mass is 9.92. The van der Waals surface area contributed by atoms with Gasteiger partial charge in [0.05, 0.1) is 25.1 Å². The number of halogens is 2. The van der Waals surface area contributed by atoms with Crippen molar-refractivity contribution in [2.24, 2.45) is 0 Å². The summed E-state index contributed by atoms with van der Waals surface area (Å²) in [7, 11) is -1.16. The fraction of sp³-hybridized carbons (Fsp3) is 0.500. The van der Waals surface area contributed by atoms with Gasteiger partial charge in [-0.05, 0) is 12.1 Å². The maximum Gasteiger partial charge on any atom is 0.274 e. The largest absolute Gasteiger partial charge is 0.376 e. The van der Waals surface area contributed by atoms with E-state index in [4.69, 9.17) is 9.47 Å². The molecule has 2 N–H and O–H groups in total. The molecular weight excluding hydrogens is 444 g/mol. The average molecular weight is 470 g/mol. The first kappa shape index (κ1) is 22.3. The highest BCUT2D eigenvalue weighted by molar-refractivity contribution is 7.22. The molecule has 168 valence electrons. The lowest BCUT2D eigenvalue weighted by Crippen LogP contribution is -2.44. The van der Waals surface area contributed by atoms with Crippen molar-refractivity contribution < 1.29 is 23.4 Å². The Bertz CT molecular complexity index is 1150. The molecule has 3 aromatic rings. The summed E-state index contributed by atoms with van der Waals surface area (Å²) < 4.78 is 40.1. The summed E-state index contributed by atoms with van der Waals surface area (Å²) in [5, 5.41) is 15.2. The van der Waals surface area contributed by atoms with Crippen molar-refractivity contribution in [3.05, 3.63) is 40.1 Å². The summed E-state index contributed by atoms with van der Waals surface area (Å²) >= 11 is 1.25. The summed E-state index contributed by atoms with van der Waals surface area (Å²) in [6.07, 6.45) is 0.419. The summed E-state index contributed by atoms with van der Waals surface area (Å²) in [6, 6.07) is 2.83. The van der Waals surface area contributed by atoms with Crippen LogP contribution in [0.25, 0.3) is 20.5 Å². The zero-order valence-electron chi connectivity index (χ0n) is 17.6. The second-order valence-corrected chi connectivity index (χ2v) is 15.7. The van der Waals surface area contributed by atoms with Gasteiger partial charge in [-0.3, -0.25) is 4.79 Å². The van der Waals surface area contributed by atoms with Gasteiger partial charge in [-0.25, -0.2) is 13.5 Å². The number of thiophene rings is 1. The Morgan fingerprint density at radius 3 is 2.94 bits per heavy atom. The Hall–Kier alpha value is -1.92. The third kappa shape index (κ3) is 4.37. The summed E-state index contributed by atoms with van der Waals surface area (Å²) in [5.41, 5.74) is -2.02. The van der Waals surface area contributed by atoms with Gasteiger partial charge in [-0.15, -0.1) is 11.3 Å². The van der Waals surface area contributed by atoms with Crippen molar-refractivity contribution in [3.8, 4) is 10.4 Å². The summed E-state index contributed by atoms with van der Waals surface area (Å²) in [4.78, 5) is 15.8. The van der Waals surface area contributed by atoms with Gasteiger partial charge < -0.3 is 19.6 Å². The number of ether oxygens (including phenoxy) is 2. The van der Waals surface area contributed by atoms with E-state index in [1.807, 2.05) is 6.20 Å². The highest BCUT2D eigenvalue weighted by atomic mass is 32.1. The van der Waals surface area contributed by atoms with Crippen LogP contribution in [0.1, 0.15) is 11.3 Å². The molecular formula is C20H25F2N3O4SSi. The molecule has 7 nitrogen and oxygen atoms in total. The van der Waals surface area contributed by atoms with E-state index in [0.717, 1.165) is 16.5 Å². The first-order valence-corrected chi connectivity index (χ1v) is 14.5. The Balaban J connectivity index is 1.62. The number of hydrogen-bond acceptors (Lipinski definition) is 6. The number of aliphatic hydroxyl groups is 1. The molecule has 0 aromatic carbocycles. The van der Waals surface area contributed by atoms with E-state index in [2.05, 4.69) is 29.7 Å². The van der Waals surface area contributed by atoms with Crippen LogP contribution < -0.4 is 5.56 Å². The molecule has 0 saturated carbocycles. The van der Waals surface area contributed by atoms with E-state index in [1.54, 1.807) is 16.9 Å². The van der Waals surface area contributed by atoms with Crippen LogP contribution in [0, 0.1) is 0 Å². The van der Waals surface area contributed by atoms with E-state index in [-0.39, 0.29) is 12.3 Å². The number of nitrogens with one attached hydrogen (secondary N) is 1. The van der Waals surface area contributed by atoms with Crippen LogP contribution >= 0.6 is 11.3 Å². The molecule has 0 aliphatic carbocycles. The Kier molecular flexibility index (Phi) is 5.90. The molecule has 1 aliphatic heterocycles. The van der Waals surface area contributed by atoms with Crippen LogP contribution in [0.15, 0.2) is 23.3 Å². The maximum absolute atomic E-state index is 13.5. The predicted molar refractivity (Wildman–Crippen MR) is 117 cm³/mol. The molecule has 0 radical (unpaired) electrons. The van der Waals surface area contributed by atoms with Crippen molar-refractivity contribution in [2.45, 2.75) is 51.0 Å². The molecule has 0 fully saturated rings. The Morgan fingerprint density at radius 2 is 2.23 bits per heavy atom. The molecule has 0 saturated heterocycles. The first-order valence-electron chi connectivity index (χ1n) is 9.96. The number of aromatic amines is 1. The molecule has 11 heteroatoms. The van der Waals surface area contributed by atoms with Gasteiger partial charge >= 0.3 is 0 Å². The van der Waals surface area contributed by atoms with Crippen LogP contribution in [-0.2, 0) is 28.4 Å². The monoisotopic (exact) mass is 469 g/mol. The smallest absolute Gasteiger partial charge is 0.274 e. The van der Waals surface area contributed by atoms with Gasteiger partial charge in [0.2, 0.25) is 0 Å². The number of hydrogen-bond donors (Lipinski definition) is 2. The van der Waals surface area contributed by atoms with Gasteiger partial charge in [0, 0.05) is 42.3 Å². The molecule has 31 heavy (non-hydrogen) atoms. The summed E-state index contributed by atoms with van der Waals surface area (Å²) in [5.74, 6) is 0. The number of alkyl halides is 2. The van der Waals surface area contributed by atoms with E-state index in [9.17, 15) is 18.7 Å². The number of H-pyrrole nitrogens is 1. The molecule has 4 rings (SSSR count). The lowest BCUT2D eigenvalue weighted by molar-refractivity contribution is -0.159. The van der Waals surface area contributed by atoms with Gasteiger partial charge in [-0.1, -0.05) is 19.6 Å². The Morgan fingerprint density at radius 1 is 1.45 bits per heavy atom. The number of aromatic nitrogens is 3.